The van der Waals surface area contributed by atoms with E-state index in [0.717, 1.165) is 37.5 Å². The number of aromatic hydroxyl groups is 1. The van der Waals surface area contributed by atoms with Gasteiger partial charge in [0.1, 0.15) is 0 Å². The van der Waals surface area contributed by atoms with Gasteiger partial charge in [-0.3, -0.25) is 4.79 Å². The number of rotatable bonds is 5. The van der Waals surface area contributed by atoms with Gasteiger partial charge in [0.05, 0.1) is 29.0 Å². The predicted molar refractivity (Wildman–Crippen MR) is 118 cm³/mol. The lowest BCUT2D eigenvalue weighted by molar-refractivity contribution is 0.0908. The summed E-state index contributed by atoms with van der Waals surface area (Å²) in [4.78, 5) is 19.5. The molecule has 0 bridgehead atoms. The largest absolute Gasteiger partial charge is 0.493 e. The second-order valence-electron chi connectivity index (χ2n) is 8.40. The summed E-state index contributed by atoms with van der Waals surface area (Å²) < 4.78 is 1.32. The number of hydrogen-bond donors (Lipinski definition) is 2. The maximum absolute atomic E-state index is 12.6. The van der Waals surface area contributed by atoms with E-state index < -0.39 is 0 Å². The molecule has 162 valence electrons. The van der Waals surface area contributed by atoms with Gasteiger partial charge in [0.2, 0.25) is 5.88 Å². The maximum atomic E-state index is 12.6. The van der Waals surface area contributed by atoms with Crippen LogP contribution in [0, 0.1) is 11.3 Å². The first-order valence-electron chi connectivity index (χ1n) is 10.9. The number of aromatic nitrogens is 3. The summed E-state index contributed by atoms with van der Waals surface area (Å²) >= 11 is 0. The third kappa shape index (κ3) is 4.07. The van der Waals surface area contributed by atoms with Crippen LogP contribution in [0.3, 0.4) is 0 Å². The topological polar surface area (TPSA) is 107 Å². The highest BCUT2D eigenvalue weighted by atomic mass is 16.3. The Bertz CT molecular complexity index is 1150. The van der Waals surface area contributed by atoms with Crippen LogP contribution in [0.5, 0.6) is 5.88 Å². The average molecular weight is 428 g/mol. The van der Waals surface area contributed by atoms with Gasteiger partial charge in [-0.2, -0.15) is 15.0 Å². The van der Waals surface area contributed by atoms with Crippen molar-refractivity contribution in [1.82, 2.24) is 25.0 Å². The summed E-state index contributed by atoms with van der Waals surface area (Å²) in [5.41, 5.74) is 2.31. The molecule has 0 unspecified atom stereocenters. The highest BCUT2D eigenvalue weighted by molar-refractivity contribution is 5.94. The number of nitrogens with one attached hydrogen (secondary N) is 1. The number of hydrogen-bond acceptors (Lipinski definition) is 6. The number of nitriles is 1. The van der Waals surface area contributed by atoms with Crippen molar-refractivity contribution < 1.29 is 9.90 Å². The van der Waals surface area contributed by atoms with Crippen LogP contribution in [0.1, 0.15) is 41.6 Å². The number of amides is 1. The molecule has 8 nitrogen and oxygen atoms in total. The molecule has 1 saturated carbocycles. The molecule has 1 saturated heterocycles. The number of carbonyl (C=O) groups excluding carboxylic acids is 1. The normalized spacial score (nSPS) is 17.1. The molecule has 3 aromatic rings. The van der Waals surface area contributed by atoms with Crippen LogP contribution in [0.2, 0.25) is 0 Å². The highest BCUT2D eigenvalue weighted by Gasteiger charge is 2.32. The zero-order chi connectivity index (χ0) is 22.1. The van der Waals surface area contributed by atoms with Crippen molar-refractivity contribution in [2.75, 3.05) is 13.1 Å². The third-order valence-electron chi connectivity index (χ3n) is 6.22. The quantitative estimate of drug-likeness (QED) is 0.647. The second kappa shape index (κ2) is 8.44. The fourth-order valence-corrected chi connectivity index (χ4v) is 4.20. The maximum Gasteiger partial charge on any atom is 0.253 e. The number of piperidine rings is 1. The van der Waals surface area contributed by atoms with Gasteiger partial charge < -0.3 is 15.3 Å². The van der Waals surface area contributed by atoms with Crippen molar-refractivity contribution in [2.45, 2.75) is 37.8 Å². The first kappa shape index (κ1) is 20.2. The van der Waals surface area contributed by atoms with E-state index in [0.29, 0.717) is 22.5 Å². The Morgan fingerprint density at radius 3 is 2.44 bits per heavy atom. The molecule has 32 heavy (non-hydrogen) atoms. The molecule has 0 radical (unpaired) electrons. The van der Waals surface area contributed by atoms with E-state index in [1.807, 2.05) is 0 Å². The fraction of sp³-hybridized carbons (Fsp3) is 0.333. The van der Waals surface area contributed by atoms with Crippen molar-refractivity contribution in [2.24, 2.45) is 0 Å². The Labute approximate surface area is 186 Å². The van der Waals surface area contributed by atoms with Gasteiger partial charge in [-0.1, -0.05) is 12.1 Å². The van der Waals surface area contributed by atoms with Crippen molar-refractivity contribution >= 4 is 5.91 Å². The van der Waals surface area contributed by atoms with Crippen LogP contribution in [0.15, 0.2) is 48.8 Å². The van der Waals surface area contributed by atoms with E-state index in [9.17, 15) is 9.90 Å². The molecule has 2 N–H and O–H groups in total. The van der Waals surface area contributed by atoms with Crippen LogP contribution in [-0.2, 0) is 0 Å². The summed E-state index contributed by atoms with van der Waals surface area (Å²) in [6, 6.07) is 13.3. The van der Waals surface area contributed by atoms with Crippen molar-refractivity contribution in [3.8, 4) is 28.9 Å². The molecule has 1 aromatic carbocycles. The van der Waals surface area contributed by atoms with E-state index >= 15 is 0 Å². The molecule has 2 aromatic heterocycles. The minimum atomic E-state index is -0.128. The second-order valence-corrected chi connectivity index (χ2v) is 8.40. The average Bonchev–Trinajstić information content (AvgIpc) is 3.61. The smallest absolute Gasteiger partial charge is 0.253 e. The molecule has 0 spiro atoms. The molecule has 0 atom stereocenters. The molecular weight excluding hydrogens is 404 g/mol. The van der Waals surface area contributed by atoms with Crippen LogP contribution >= 0.6 is 0 Å². The summed E-state index contributed by atoms with van der Waals surface area (Å²) in [7, 11) is 0. The third-order valence-corrected chi connectivity index (χ3v) is 6.22. The van der Waals surface area contributed by atoms with Gasteiger partial charge in [0, 0.05) is 31.4 Å². The first-order chi connectivity index (χ1) is 15.6. The Morgan fingerprint density at radius 1 is 1.06 bits per heavy atom. The molecule has 8 heteroatoms. The van der Waals surface area contributed by atoms with E-state index in [2.05, 4.69) is 26.4 Å². The van der Waals surface area contributed by atoms with Gasteiger partial charge in [0.25, 0.3) is 5.91 Å². The molecule has 5 rings (SSSR count). The molecule has 1 amide bonds. The summed E-state index contributed by atoms with van der Waals surface area (Å²) in [5, 5.41) is 26.9. The van der Waals surface area contributed by atoms with E-state index in [-0.39, 0.29) is 17.8 Å². The number of pyridine rings is 1. The molecule has 2 aliphatic rings. The number of benzene rings is 1. The van der Waals surface area contributed by atoms with E-state index in [4.69, 9.17) is 5.26 Å². The Hall–Kier alpha value is -3.70. The zero-order valence-corrected chi connectivity index (χ0v) is 17.6. The Balaban J connectivity index is 1.25. The molecular formula is C24H24N6O2. The van der Waals surface area contributed by atoms with Gasteiger partial charge in [0.15, 0.2) is 5.82 Å². The first-order valence-corrected chi connectivity index (χ1v) is 10.9. The summed E-state index contributed by atoms with van der Waals surface area (Å²) in [5.74, 6) is 0.232. The highest BCUT2D eigenvalue weighted by Crippen LogP contribution is 2.31. The minimum Gasteiger partial charge on any atom is -0.493 e. The summed E-state index contributed by atoms with van der Waals surface area (Å²) in [6.45, 7) is 2.10. The lowest BCUT2D eigenvalue weighted by Crippen LogP contribution is -2.45. The number of carbonyl (C=O) groups is 1. The van der Waals surface area contributed by atoms with E-state index in [1.54, 1.807) is 42.6 Å². The molecule has 1 aliphatic carbocycles. The van der Waals surface area contributed by atoms with Gasteiger partial charge >= 0.3 is 0 Å². The standard InChI is InChI=1S/C24H24N6O2/c25-13-16-1-3-17(4-2-16)21-15-27-30(24(21)32)22-8-5-18(14-26-22)23(31)28-19-9-11-29(12-10-19)20-6-7-20/h1-5,8,14-15,19-20,32H,6-7,9-12H2,(H,28,31). The van der Waals surface area contributed by atoms with E-state index in [1.165, 1.54) is 23.7 Å². The lowest BCUT2D eigenvalue weighted by atomic mass is 10.0. The van der Waals surface area contributed by atoms with Crippen LogP contribution in [0.4, 0.5) is 0 Å². The molecule has 3 heterocycles. The van der Waals surface area contributed by atoms with Crippen LogP contribution < -0.4 is 5.32 Å². The summed E-state index contributed by atoms with van der Waals surface area (Å²) in [6.07, 6.45) is 7.64. The molecule has 1 aliphatic heterocycles. The van der Waals surface area contributed by atoms with Crippen LogP contribution in [0.25, 0.3) is 16.9 Å². The Kier molecular flexibility index (Phi) is 5.33. The minimum absolute atomic E-state index is 0.0539. The van der Waals surface area contributed by atoms with Gasteiger partial charge in [-0.15, -0.1) is 0 Å². The monoisotopic (exact) mass is 428 g/mol. The van der Waals surface area contributed by atoms with Crippen molar-refractivity contribution in [3.05, 3.63) is 59.9 Å². The number of likely N-dealkylation sites (tertiary alicyclic amines) is 1. The number of nitrogens with zero attached hydrogens (tertiary/aromatic N) is 5. The Morgan fingerprint density at radius 2 is 1.81 bits per heavy atom. The SMILES string of the molecule is N#Cc1ccc(-c2cnn(-c3ccc(C(=O)NC4CCN(C5CC5)CC4)cn3)c2O)cc1. The molecule has 2 fully saturated rings. The lowest BCUT2D eigenvalue weighted by Gasteiger charge is -2.32. The van der Waals surface area contributed by atoms with Gasteiger partial charge in [-0.25, -0.2) is 4.98 Å². The van der Waals surface area contributed by atoms with Crippen molar-refractivity contribution in [3.63, 3.8) is 0 Å². The zero-order valence-electron chi connectivity index (χ0n) is 17.6. The van der Waals surface area contributed by atoms with Gasteiger partial charge in [-0.05, 0) is 55.5 Å². The van der Waals surface area contributed by atoms with Crippen LogP contribution in [-0.4, -0.2) is 55.9 Å². The fourth-order valence-electron chi connectivity index (χ4n) is 4.20. The van der Waals surface area contributed by atoms with Crippen molar-refractivity contribution in [1.29, 1.82) is 5.26 Å². The predicted octanol–water partition coefficient (Wildman–Crippen LogP) is 2.87.